The van der Waals surface area contributed by atoms with Gasteiger partial charge in [0, 0.05) is 19.5 Å². The molecule has 1 aromatic carbocycles. The Morgan fingerprint density at radius 1 is 1.29 bits per heavy atom. The molecule has 1 N–H and O–H groups in total. The zero-order chi connectivity index (χ0) is 17.2. The molecule has 0 radical (unpaired) electrons. The van der Waals surface area contributed by atoms with Crippen molar-refractivity contribution < 1.29 is 19.1 Å². The van der Waals surface area contributed by atoms with E-state index < -0.39 is 11.4 Å². The van der Waals surface area contributed by atoms with Crippen LogP contribution in [0.4, 0.5) is 4.39 Å². The van der Waals surface area contributed by atoms with Gasteiger partial charge < -0.3 is 10.0 Å². The zero-order valence-corrected chi connectivity index (χ0v) is 13.8. The molecular formula is C19H24FNO3. The monoisotopic (exact) mass is 333 g/mol. The van der Waals surface area contributed by atoms with Crippen molar-refractivity contribution in [3.8, 4) is 0 Å². The number of likely N-dealkylation sites (tertiary alicyclic amines) is 1. The van der Waals surface area contributed by atoms with Gasteiger partial charge in [-0.25, -0.2) is 4.39 Å². The molecule has 2 aliphatic rings. The van der Waals surface area contributed by atoms with Gasteiger partial charge in [-0.05, 0) is 55.7 Å². The van der Waals surface area contributed by atoms with E-state index >= 15 is 0 Å². The summed E-state index contributed by atoms with van der Waals surface area (Å²) in [6.07, 6.45) is 5.18. The summed E-state index contributed by atoms with van der Waals surface area (Å²) in [5, 5.41) is 8.85. The van der Waals surface area contributed by atoms with Gasteiger partial charge in [0.2, 0.25) is 5.91 Å². The van der Waals surface area contributed by atoms with E-state index in [0.717, 1.165) is 44.2 Å². The molecule has 4 nitrogen and oxygen atoms in total. The van der Waals surface area contributed by atoms with E-state index in [-0.39, 0.29) is 24.1 Å². The maximum Gasteiger partial charge on any atom is 0.303 e. The fraction of sp³-hybridized carbons (Fsp3) is 0.579. The van der Waals surface area contributed by atoms with Crippen LogP contribution in [-0.4, -0.2) is 35.0 Å². The Balaban J connectivity index is 1.73. The number of amides is 1. The van der Waals surface area contributed by atoms with Crippen LogP contribution in [0.25, 0.3) is 0 Å². The van der Waals surface area contributed by atoms with Gasteiger partial charge in [-0.1, -0.05) is 18.6 Å². The minimum atomic E-state index is -0.784. The predicted molar refractivity (Wildman–Crippen MR) is 88.1 cm³/mol. The molecule has 0 bridgehead atoms. The van der Waals surface area contributed by atoms with E-state index in [1.54, 1.807) is 6.07 Å². The first-order valence-corrected chi connectivity index (χ1v) is 8.78. The maximum atomic E-state index is 13.6. The van der Waals surface area contributed by atoms with Gasteiger partial charge in [-0.3, -0.25) is 9.59 Å². The van der Waals surface area contributed by atoms with Crippen molar-refractivity contribution in [1.29, 1.82) is 0 Å². The molecular weight excluding hydrogens is 309 g/mol. The van der Waals surface area contributed by atoms with Crippen LogP contribution in [0.2, 0.25) is 0 Å². The van der Waals surface area contributed by atoms with Gasteiger partial charge in [-0.15, -0.1) is 0 Å². The summed E-state index contributed by atoms with van der Waals surface area (Å²) in [5.74, 6) is -0.735. The number of rotatable bonds is 5. The quantitative estimate of drug-likeness (QED) is 0.899. The van der Waals surface area contributed by atoms with Crippen molar-refractivity contribution in [2.24, 2.45) is 5.92 Å². The lowest BCUT2D eigenvalue weighted by Crippen LogP contribution is -2.53. The maximum absolute atomic E-state index is 13.6. The largest absolute Gasteiger partial charge is 0.481 e. The summed E-state index contributed by atoms with van der Waals surface area (Å²) in [7, 11) is 0. The first kappa shape index (κ1) is 16.9. The molecule has 3 rings (SSSR count). The molecule has 0 unspecified atom stereocenters. The number of nitrogens with zero attached hydrogens (tertiary/aromatic N) is 1. The SMILES string of the molecule is O=C(O)CC[C@@H]1CCCN(C(=O)C2(c3cccc(F)c3)CCC2)C1. The van der Waals surface area contributed by atoms with Crippen LogP contribution in [-0.2, 0) is 15.0 Å². The summed E-state index contributed by atoms with van der Waals surface area (Å²) >= 11 is 0. The predicted octanol–water partition coefficient (Wildman–Crippen LogP) is 3.35. The molecule has 1 amide bonds. The standard InChI is InChI=1S/C19H24FNO3/c20-16-6-1-5-15(12-16)19(9-3-10-19)18(24)21-11-2-4-14(13-21)7-8-17(22)23/h1,5-6,12,14H,2-4,7-11,13H2,(H,22,23)/t14-/m0/s1. The minimum Gasteiger partial charge on any atom is -0.481 e. The molecule has 1 atom stereocenters. The van der Waals surface area contributed by atoms with E-state index in [2.05, 4.69) is 0 Å². The Labute approximate surface area is 141 Å². The molecule has 0 spiro atoms. The van der Waals surface area contributed by atoms with Gasteiger partial charge in [0.25, 0.3) is 0 Å². The van der Waals surface area contributed by atoms with Crippen molar-refractivity contribution in [1.82, 2.24) is 4.90 Å². The summed E-state index contributed by atoms with van der Waals surface area (Å²) in [6.45, 7) is 1.35. The van der Waals surface area contributed by atoms with E-state index in [0.29, 0.717) is 13.0 Å². The number of carbonyl (C=O) groups is 2. The van der Waals surface area contributed by atoms with Gasteiger partial charge in [0.15, 0.2) is 0 Å². The lowest BCUT2D eigenvalue weighted by atomic mass is 9.63. The summed E-state index contributed by atoms with van der Waals surface area (Å²) in [4.78, 5) is 25.8. The van der Waals surface area contributed by atoms with Crippen molar-refractivity contribution in [3.05, 3.63) is 35.6 Å². The summed E-state index contributed by atoms with van der Waals surface area (Å²) in [5.41, 5.74) is 0.211. The van der Waals surface area contributed by atoms with E-state index in [1.807, 2.05) is 11.0 Å². The molecule has 130 valence electrons. The van der Waals surface area contributed by atoms with Crippen LogP contribution in [0.5, 0.6) is 0 Å². The number of piperidine rings is 1. The summed E-state index contributed by atoms with van der Waals surface area (Å²) < 4.78 is 13.6. The number of carboxylic acid groups (broad SMARTS) is 1. The zero-order valence-electron chi connectivity index (χ0n) is 13.8. The number of halogens is 1. The highest BCUT2D eigenvalue weighted by atomic mass is 19.1. The van der Waals surface area contributed by atoms with Crippen molar-refractivity contribution in [2.45, 2.75) is 50.4 Å². The normalized spacial score (nSPS) is 22.7. The lowest BCUT2D eigenvalue weighted by Gasteiger charge is -2.46. The van der Waals surface area contributed by atoms with Crippen LogP contribution >= 0.6 is 0 Å². The number of benzene rings is 1. The fourth-order valence-corrected chi connectivity index (χ4v) is 4.06. The number of aliphatic carboxylic acids is 1. The third-order valence-electron chi connectivity index (χ3n) is 5.57. The smallest absolute Gasteiger partial charge is 0.303 e. The first-order chi connectivity index (χ1) is 11.5. The molecule has 1 saturated heterocycles. The van der Waals surface area contributed by atoms with Gasteiger partial charge in [0.1, 0.15) is 5.82 Å². The van der Waals surface area contributed by atoms with Crippen molar-refractivity contribution in [3.63, 3.8) is 0 Å². The molecule has 1 aliphatic heterocycles. The second-order valence-corrected chi connectivity index (χ2v) is 7.14. The van der Waals surface area contributed by atoms with Gasteiger partial charge >= 0.3 is 5.97 Å². The van der Waals surface area contributed by atoms with E-state index in [1.165, 1.54) is 12.1 Å². The molecule has 2 fully saturated rings. The van der Waals surface area contributed by atoms with Crippen LogP contribution in [0.15, 0.2) is 24.3 Å². The average molecular weight is 333 g/mol. The molecule has 1 saturated carbocycles. The number of hydrogen-bond acceptors (Lipinski definition) is 2. The van der Waals surface area contributed by atoms with Crippen LogP contribution in [0, 0.1) is 11.7 Å². The number of hydrogen-bond donors (Lipinski definition) is 1. The third kappa shape index (κ3) is 3.30. The number of carboxylic acids is 1. The highest BCUT2D eigenvalue weighted by molar-refractivity contribution is 5.89. The highest BCUT2D eigenvalue weighted by Gasteiger charge is 2.48. The third-order valence-corrected chi connectivity index (χ3v) is 5.57. The Bertz CT molecular complexity index is 627. The first-order valence-electron chi connectivity index (χ1n) is 8.78. The second kappa shape index (κ2) is 6.91. The Hall–Kier alpha value is -1.91. The molecule has 1 heterocycles. The molecule has 24 heavy (non-hydrogen) atoms. The van der Waals surface area contributed by atoms with Gasteiger partial charge in [0.05, 0.1) is 5.41 Å². The summed E-state index contributed by atoms with van der Waals surface area (Å²) in [6, 6.07) is 6.42. The second-order valence-electron chi connectivity index (χ2n) is 7.14. The fourth-order valence-electron chi connectivity index (χ4n) is 4.06. The van der Waals surface area contributed by atoms with Crippen molar-refractivity contribution >= 4 is 11.9 Å². The van der Waals surface area contributed by atoms with Gasteiger partial charge in [-0.2, -0.15) is 0 Å². The van der Waals surface area contributed by atoms with E-state index in [9.17, 15) is 14.0 Å². The molecule has 1 aliphatic carbocycles. The molecule has 0 aromatic heterocycles. The van der Waals surface area contributed by atoms with Crippen molar-refractivity contribution in [2.75, 3.05) is 13.1 Å². The Morgan fingerprint density at radius 2 is 2.08 bits per heavy atom. The Kier molecular flexibility index (Phi) is 4.88. The van der Waals surface area contributed by atoms with Crippen LogP contribution in [0.1, 0.15) is 50.5 Å². The van der Waals surface area contributed by atoms with E-state index in [4.69, 9.17) is 5.11 Å². The lowest BCUT2D eigenvalue weighted by molar-refractivity contribution is -0.143. The molecule has 5 heteroatoms. The minimum absolute atomic E-state index is 0.0966. The van der Waals surface area contributed by atoms with Crippen LogP contribution in [0.3, 0.4) is 0 Å². The average Bonchev–Trinajstić information content (AvgIpc) is 2.52. The topological polar surface area (TPSA) is 57.6 Å². The Morgan fingerprint density at radius 3 is 2.71 bits per heavy atom. The highest BCUT2D eigenvalue weighted by Crippen LogP contribution is 2.46. The van der Waals surface area contributed by atoms with Crippen LogP contribution < -0.4 is 0 Å². The molecule has 1 aromatic rings. The number of carbonyl (C=O) groups excluding carboxylic acids is 1.